The molecule has 0 aliphatic rings. The summed E-state index contributed by atoms with van der Waals surface area (Å²) < 4.78 is 44.9. The smallest absolute Gasteiger partial charge is 0.433 e. The van der Waals surface area contributed by atoms with Crippen LogP contribution in [0.3, 0.4) is 0 Å². The third-order valence-corrected chi connectivity index (χ3v) is 5.94. The molecule has 0 saturated heterocycles. The van der Waals surface area contributed by atoms with E-state index in [1.165, 1.54) is 13.8 Å². The minimum Gasteiger partial charge on any atom is -0.461 e. The lowest BCUT2D eigenvalue weighted by molar-refractivity contribution is -0.141. The fraction of sp³-hybridized carbons (Fsp3) is 0.308. The Balaban J connectivity index is 1.84. The molecule has 1 aromatic heterocycles. The summed E-state index contributed by atoms with van der Waals surface area (Å²) in [6, 6.07) is 16.6. The lowest BCUT2D eigenvalue weighted by atomic mass is 9.85. The van der Waals surface area contributed by atoms with Gasteiger partial charge in [-0.25, -0.2) is 4.98 Å². The Labute approximate surface area is 217 Å². The van der Waals surface area contributed by atoms with Gasteiger partial charge >= 0.3 is 6.18 Å². The van der Waals surface area contributed by atoms with Crippen molar-refractivity contribution in [3.05, 3.63) is 82.0 Å². The zero-order valence-corrected chi connectivity index (χ0v) is 21.1. The van der Waals surface area contributed by atoms with E-state index in [1.54, 1.807) is 37.3 Å². The van der Waals surface area contributed by atoms with Crippen LogP contribution in [-0.4, -0.2) is 27.5 Å². The second-order valence-corrected chi connectivity index (χ2v) is 9.43. The Morgan fingerprint density at radius 2 is 1.84 bits per heavy atom. The van der Waals surface area contributed by atoms with E-state index in [0.717, 1.165) is 11.1 Å². The second kappa shape index (κ2) is 11.0. The van der Waals surface area contributed by atoms with Crippen molar-refractivity contribution in [1.82, 2.24) is 15.3 Å². The van der Waals surface area contributed by atoms with Gasteiger partial charge in [0.25, 0.3) is 5.91 Å². The van der Waals surface area contributed by atoms with E-state index >= 15 is 0 Å². The summed E-state index contributed by atoms with van der Waals surface area (Å²) in [5.41, 5.74) is 4.80. The Bertz CT molecular complexity index is 1310. The molecular formula is C26H25ClF3N5O2. The number of amides is 1. The zero-order valence-electron chi connectivity index (χ0n) is 20.3. The van der Waals surface area contributed by atoms with Gasteiger partial charge in [0.2, 0.25) is 11.8 Å². The number of rotatable bonds is 8. The molecule has 2 aromatic carbocycles. The highest BCUT2D eigenvalue weighted by molar-refractivity contribution is 6.30. The minimum absolute atomic E-state index is 0.249. The van der Waals surface area contributed by atoms with Crippen molar-refractivity contribution in [2.75, 3.05) is 5.73 Å². The average molecular weight is 532 g/mol. The summed E-state index contributed by atoms with van der Waals surface area (Å²) in [5, 5.41) is 12.8. The van der Waals surface area contributed by atoms with E-state index in [0.29, 0.717) is 23.1 Å². The number of hydrogen-bond acceptors (Lipinski definition) is 6. The number of nitrogen functional groups attached to an aromatic ring is 1. The van der Waals surface area contributed by atoms with E-state index in [9.17, 15) is 23.2 Å². The average Bonchev–Trinajstić information content (AvgIpc) is 2.82. The summed E-state index contributed by atoms with van der Waals surface area (Å²) in [5.74, 6) is -1.94. The zero-order chi connectivity index (χ0) is 27.4. The molecule has 37 heavy (non-hydrogen) atoms. The Hall–Kier alpha value is -3.84. The first-order valence-electron chi connectivity index (χ1n) is 11.2. The number of alkyl halides is 3. The molecule has 0 spiro atoms. The molecule has 0 aliphatic heterocycles. The highest BCUT2D eigenvalue weighted by atomic mass is 35.5. The first kappa shape index (κ1) is 27.7. The van der Waals surface area contributed by atoms with Gasteiger partial charge in [-0.15, -0.1) is 0 Å². The number of carbonyl (C=O) groups is 1. The van der Waals surface area contributed by atoms with Crippen molar-refractivity contribution in [2.45, 2.75) is 50.9 Å². The van der Waals surface area contributed by atoms with Crippen molar-refractivity contribution in [3.63, 3.8) is 0 Å². The maximum Gasteiger partial charge on any atom is 0.433 e. The van der Waals surface area contributed by atoms with Crippen molar-refractivity contribution in [2.24, 2.45) is 0 Å². The van der Waals surface area contributed by atoms with E-state index in [-0.39, 0.29) is 5.92 Å². The largest absolute Gasteiger partial charge is 0.461 e. The number of hydrogen-bond donors (Lipinski definition) is 2. The lowest BCUT2D eigenvalue weighted by Crippen LogP contribution is -2.51. The second-order valence-electron chi connectivity index (χ2n) is 9.00. The number of ether oxygens (including phenoxy) is 1. The van der Waals surface area contributed by atoms with E-state index in [4.69, 9.17) is 22.1 Å². The van der Waals surface area contributed by atoms with Gasteiger partial charge in [-0.05, 0) is 62.6 Å². The molecular weight excluding hydrogens is 507 g/mol. The molecule has 3 N–H and O–H groups in total. The van der Waals surface area contributed by atoms with Crippen molar-refractivity contribution in [3.8, 4) is 11.9 Å². The van der Waals surface area contributed by atoms with Crippen LogP contribution < -0.4 is 15.8 Å². The third kappa shape index (κ3) is 7.33. The molecule has 0 radical (unpaired) electrons. The van der Waals surface area contributed by atoms with Gasteiger partial charge in [0.05, 0.1) is 11.6 Å². The summed E-state index contributed by atoms with van der Waals surface area (Å²) in [6.45, 7) is 4.62. The van der Waals surface area contributed by atoms with Crippen LogP contribution in [0.1, 0.15) is 49.1 Å². The first-order chi connectivity index (χ1) is 17.3. The van der Waals surface area contributed by atoms with Crippen molar-refractivity contribution >= 4 is 23.5 Å². The fourth-order valence-electron chi connectivity index (χ4n) is 3.73. The summed E-state index contributed by atoms with van der Waals surface area (Å²) in [6.07, 6.45) is -4.24. The molecule has 0 bridgehead atoms. The molecule has 3 rings (SSSR count). The lowest BCUT2D eigenvalue weighted by Gasteiger charge is -2.31. The molecule has 0 fully saturated rings. The third-order valence-electron chi connectivity index (χ3n) is 5.69. The predicted molar refractivity (Wildman–Crippen MR) is 133 cm³/mol. The number of anilines is 1. The van der Waals surface area contributed by atoms with Gasteiger partial charge in [0, 0.05) is 23.0 Å². The normalized spacial score (nSPS) is 13.4. The Morgan fingerprint density at radius 1 is 1.16 bits per heavy atom. The molecule has 3 aromatic rings. The number of halogens is 4. The summed E-state index contributed by atoms with van der Waals surface area (Å²) in [4.78, 5) is 20.1. The first-order valence-corrected chi connectivity index (χ1v) is 11.6. The maximum atomic E-state index is 13.2. The standard InChI is InChI=1S/C26H25ClF3N5O2/c1-15(20(12-16-7-9-19(27)10-8-16)18-6-4-5-17(11-18)14-31)33-23(36)25(2,3)37-22-13-21(26(28,29)30)34-24(32)35-22/h4-11,13,15,20H,12H2,1-3H3,(H,33,36)(H2,32,34,35)/t15-,20+/m0/s1. The number of aromatic nitrogens is 2. The van der Waals surface area contributed by atoms with E-state index in [1.807, 2.05) is 18.2 Å². The van der Waals surface area contributed by atoms with Crippen LogP contribution in [0, 0.1) is 11.3 Å². The van der Waals surface area contributed by atoms with Crippen LogP contribution in [0.15, 0.2) is 54.6 Å². The number of nitrogens with two attached hydrogens (primary N) is 1. The van der Waals surface area contributed by atoms with Crippen LogP contribution in [0.5, 0.6) is 5.88 Å². The molecule has 0 unspecified atom stereocenters. The van der Waals surface area contributed by atoms with Crippen LogP contribution in [0.2, 0.25) is 5.02 Å². The van der Waals surface area contributed by atoms with Crippen molar-refractivity contribution < 1.29 is 22.7 Å². The quantitative estimate of drug-likeness (QED) is 0.408. The number of nitrogens with one attached hydrogen (secondary N) is 1. The Morgan fingerprint density at radius 3 is 2.46 bits per heavy atom. The fourth-order valence-corrected chi connectivity index (χ4v) is 3.85. The van der Waals surface area contributed by atoms with Gasteiger partial charge in [-0.1, -0.05) is 35.9 Å². The molecule has 194 valence electrons. The SMILES string of the molecule is C[C@H](NC(=O)C(C)(C)Oc1cc(C(F)(F)F)nc(N)n1)[C@@H](Cc1ccc(Cl)cc1)c1cccc(C#N)c1. The summed E-state index contributed by atoms with van der Waals surface area (Å²) in [7, 11) is 0. The monoisotopic (exact) mass is 531 g/mol. The Kier molecular flexibility index (Phi) is 8.28. The molecule has 11 heteroatoms. The number of nitriles is 1. The molecule has 1 heterocycles. The van der Waals surface area contributed by atoms with Crippen LogP contribution >= 0.6 is 11.6 Å². The van der Waals surface area contributed by atoms with E-state index in [2.05, 4.69) is 21.4 Å². The van der Waals surface area contributed by atoms with E-state index < -0.39 is 41.2 Å². The van der Waals surface area contributed by atoms with Crippen LogP contribution in [0.4, 0.5) is 19.1 Å². The highest BCUT2D eigenvalue weighted by Crippen LogP contribution is 2.31. The molecule has 7 nitrogen and oxygen atoms in total. The van der Waals surface area contributed by atoms with Crippen LogP contribution in [0.25, 0.3) is 0 Å². The molecule has 2 atom stereocenters. The van der Waals surface area contributed by atoms with Gasteiger partial charge in [-0.3, -0.25) is 4.79 Å². The summed E-state index contributed by atoms with van der Waals surface area (Å²) >= 11 is 6.01. The maximum absolute atomic E-state index is 13.2. The number of carbonyl (C=O) groups excluding carboxylic acids is 1. The van der Waals surface area contributed by atoms with Gasteiger partial charge < -0.3 is 15.8 Å². The molecule has 0 saturated carbocycles. The van der Waals surface area contributed by atoms with Gasteiger partial charge in [-0.2, -0.15) is 23.4 Å². The van der Waals surface area contributed by atoms with Crippen molar-refractivity contribution in [1.29, 1.82) is 5.26 Å². The topological polar surface area (TPSA) is 114 Å². The predicted octanol–water partition coefficient (Wildman–Crippen LogP) is 5.29. The number of benzene rings is 2. The van der Waals surface area contributed by atoms with Gasteiger partial charge in [0.1, 0.15) is 0 Å². The molecule has 0 aliphatic carbocycles. The highest BCUT2D eigenvalue weighted by Gasteiger charge is 2.37. The van der Waals surface area contributed by atoms with Gasteiger partial charge in [0.15, 0.2) is 11.3 Å². The van der Waals surface area contributed by atoms with Crippen LogP contribution in [-0.2, 0) is 17.4 Å². The minimum atomic E-state index is -4.76. The molecule has 1 amide bonds. The number of nitrogens with zero attached hydrogens (tertiary/aromatic N) is 3.